The third kappa shape index (κ3) is 2.61. The minimum absolute atomic E-state index is 0.0198. The van der Waals surface area contributed by atoms with Gasteiger partial charge in [0.15, 0.2) is 0 Å². The number of rotatable bonds is 4. The number of carbonyl (C=O) groups is 1. The molecule has 0 unspecified atom stereocenters. The monoisotopic (exact) mass is 228 g/mol. The molecule has 0 aliphatic heterocycles. The van der Waals surface area contributed by atoms with Crippen LogP contribution in [0, 0.1) is 0 Å². The zero-order chi connectivity index (χ0) is 12.3. The number of benzene rings is 1. The molecule has 1 aromatic heterocycles. The van der Waals surface area contributed by atoms with Crippen LogP contribution in [-0.2, 0) is 13.5 Å². The highest BCUT2D eigenvalue weighted by Gasteiger charge is 2.11. The lowest BCUT2D eigenvalue weighted by Gasteiger charge is -2.01. The molecule has 0 N–H and O–H groups in total. The van der Waals surface area contributed by atoms with Crippen molar-refractivity contribution in [3.8, 4) is 0 Å². The predicted molar refractivity (Wildman–Crippen MR) is 67.1 cm³/mol. The molecule has 1 aromatic carbocycles. The van der Waals surface area contributed by atoms with Crippen LogP contribution in [0.5, 0.6) is 0 Å². The first-order valence-electron chi connectivity index (χ1n) is 5.84. The van der Waals surface area contributed by atoms with Crippen LogP contribution in [0.3, 0.4) is 0 Å². The van der Waals surface area contributed by atoms with E-state index in [0.717, 1.165) is 12.8 Å². The van der Waals surface area contributed by atoms with E-state index in [-0.39, 0.29) is 5.78 Å². The maximum absolute atomic E-state index is 12.1. The molecule has 0 bridgehead atoms. The molecule has 0 saturated heterocycles. The number of aromatic nitrogens is 2. The summed E-state index contributed by atoms with van der Waals surface area (Å²) in [6.07, 6.45) is 3.95. The Labute approximate surface area is 101 Å². The normalized spacial score (nSPS) is 10.5. The number of carbonyl (C=O) groups excluding carboxylic acids is 1. The van der Waals surface area contributed by atoms with Gasteiger partial charge in [-0.15, -0.1) is 0 Å². The van der Waals surface area contributed by atoms with Crippen LogP contribution in [-0.4, -0.2) is 15.6 Å². The molecule has 0 saturated carbocycles. The fraction of sp³-hybridized carbons (Fsp3) is 0.286. The summed E-state index contributed by atoms with van der Waals surface area (Å²) in [4.78, 5) is 12.1. The summed E-state index contributed by atoms with van der Waals surface area (Å²) in [7, 11) is 1.81. The Hall–Kier alpha value is -1.90. The summed E-state index contributed by atoms with van der Waals surface area (Å²) in [5.74, 6) is -0.0198. The van der Waals surface area contributed by atoms with Gasteiger partial charge in [0.25, 0.3) is 0 Å². The van der Waals surface area contributed by atoms with E-state index >= 15 is 0 Å². The molecule has 3 heteroatoms. The highest BCUT2D eigenvalue weighted by Crippen LogP contribution is 2.10. The molecule has 0 amide bonds. The number of ketones is 1. The maximum Gasteiger partial charge on any atom is 0.213 e. The maximum atomic E-state index is 12.1. The van der Waals surface area contributed by atoms with Gasteiger partial charge >= 0.3 is 0 Å². The van der Waals surface area contributed by atoms with Gasteiger partial charge in [-0.05, 0) is 18.1 Å². The van der Waals surface area contributed by atoms with Gasteiger partial charge in [-0.2, -0.15) is 5.10 Å². The van der Waals surface area contributed by atoms with Crippen molar-refractivity contribution in [2.45, 2.75) is 19.8 Å². The van der Waals surface area contributed by atoms with Crippen LogP contribution in [0.4, 0.5) is 0 Å². The van der Waals surface area contributed by atoms with Crippen molar-refractivity contribution >= 4 is 5.78 Å². The van der Waals surface area contributed by atoms with Gasteiger partial charge in [-0.3, -0.25) is 9.48 Å². The van der Waals surface area contributed by atoms with E-state index in [1.54, 1.807) is 24.0 Å². The molecule has 88 valence electrons. The van der Waals surface area contributed by atoms with E-state index in [1.165, 1.54) is 5.56 Å². The molecule has 0 spiro atoms. The van der Waals surface area contributed by atoms with Crippen molar-refractivity contribution in [1.82, 2.24) is 9.78 Å². The van der Waals surface area contributed by atoms with E-state index in [2.05, 4.69) is 12.0 Å². The first-order chi connectivity index (χ1) is 8.20. The second-order valence-electron chi connectivity index (χ2n) is 4.15. The van der Waals surface area contributed by atoms with E-state index in [4.69, 9.17) is 0 Å². The molecular weight excluding hydrogens is 212 g/mol. The van der Waals surface area contributed by atoms with E-state index in [9.17, 15) is 4.79 Å². The lowest BCUT2D eigenvalue weighted by molar-refractivity contribution is 0.103. The first kappa shape index (κ1) is 11.6. The minimum Gasteiger partial charge on any atom is -0.287 e. The third-order valence-corrected chi connectivity index (χ3v) is 2.70. The van der Waals surface area contributed by atoms with Crippen molar-refractivity contribution < 1.29 is 4.79 Å². The van der Waals surface area contributed by atoms with Crippen LogP contribution >= 0.6 is 0 Å². The molecule has 2 rings (SSSR count). The van der Waals surface area contributed by atoms with Crippen molar-refractivity contribution in [2.24, 2.45) is 7.05 Å². The molecule has 1 heterocycles. The third-order valence-electron chi connectivity index (χ3n) is 2.70. The van der Waals surface area contributed by atoms with Gasteiger partial charge in [0.1, 0.15) is 5.69 Å². The number of hydrogen-bond acceptors (Lipinski definition) is 2. The molecule has 0 aliphatic carbocycles. The SMILES string of the molecule is CCCc1ccc(C(=O)c2ccn(C)n2)cc1. The van der Waals surface area contributed by atoms with Gasteiger partial charge in [-0.25, -0.2) is 0 Å². The highest BCUT2D eigenvalue weighted by atomic mass is 16.1. The lowest BCUT2D eigenvalue weighted by atomic mass is 10.0. The topological polar surface area (TPSA) is 34.9 Å². The molecule has 0 atom stereocenters. The average molecular weight is 228 g/mol. The van der Waals surface area contributed by atoms with E-state index in [1.807, 2.05) is 24.3 Å². The van der Waals surface area contributed by atoms with Crippen molar-refractivity contribution in [2.75, 3.05) is 0 Å². The quantitative estimate of drug-likeness (QED) is 0.754. The zero-order valence-electron chi connectivity index (χ0n) is 10.2. The molecular formula is C14H16N2O. The van der Waals surface area contributed by atoms with Gasteiger partial charge in [0.05, 0.1) is 0 Å². The predicted octanol–water partition coefficient (Wildman–Crippen LogP) is 2.60. The smallest absolute Gasteiger partial charge is 0.213 e. The van der Waals surface area contributed by atoms with Crippen LogP contribution < -0.4 is 0 Å². The first-order valence-corrected chi connectivity index (χ1v) is 5.84. The molecule has 0 aliphatic rings. The fourth-order valence-corrected chi connectivity index (χ4v) is 1.80. The van der Waals surface area contributed by atoms with Gasteiger partial charge in [-0.1, -0.05) is 37.6 Å². The summed E-state index contributed by atoms with van der Waals surface area (Å²) < 4.78 is 1.64. The number of aryl methyl sites for hydroxylation is 2. The lowest BCUT2D eigenvalue weighted by Crippen LogP contribution is -2.03. The molecule has 17 heavy (non-hydrogen) atoms. The molecule has 3 nitrogen and oxygen atoms in total. The number of nitrogens with zero attached hydrogens (tertiary/aromatic N) is 2. The van der Waals surface area contributed by atoms with E-state index < -0.39 is 0 Å². The standard InChI is InChI=1S/C14H16N2O/c1-3-4-11-5-7-12(8-6-11)14(17)13-9-10-16(2)15-13/h5-10H,3-4H2,1-2H3. The Morgan fingerprint density at radius 3 is 2.47 bits per heavy atom. The number of hydrogen-bond donors (Lipinski definition) is 0. The molecule has 0 fully saturated rings. The zero-order valence-corrected chi connectivity index (χ0v) is 10.2. The summed E-state index contributed by atoms with van der Waals surface area (Å²) in [6, 6.07) is 9.52. The Balaban J connectivity index is 2.20. The van der Waals surface area contributed by atoms with Crippen LogP contribution in [0.15, 0.2) is 36.5 Å². The summed E-state index contributed by atoms with van der Waals surface area (Å²) >= 11 is 0. The average Bonchev–Trinajstić information content (AvgIpc) is 2.76. The van der Waals surface area contributed by atoms with Crippen molar-refractivity contribution in [1.29, 1.82) is 0 Å². The highest BCUT2D eigenvalue weighted by molar-refractivity contribution is 6.07. The Bertz CT molecular complexity index is 511. The Kier molecular flexibility index (Phi) is 3.38. The summed E-state index contributed by atoms with van der Waals surface area (Å²) in [6.45, 7) is 2.15. The second kappa shape index (κ2) is 4.95. The summed E-state index contributed by atoms with van der Waals surface area (Å²) in [5, 5.41) is 4.11. The van der Waals surface area contributed by atoms with Crippen molar-refractivity contribution in [3.05, 3.63) is 53.3 Å². The van der Waals surface area contributed by atoms with Gasteiger partial charge < -0.3 is 0 Å². The minimum atomic E-state index is -0.0198. The van der Waals surface area contributed by atoms with Crippen LogP contribution in [0.1, 0.15) is 35.0 Å². The largest absolute Gasteiger partial charge is 0.287 e. The fourth-order valence-electron chi connectivity index (χ4n) is 1.80. The molecule has 2 aromatic rings. The Morgan fingerprint density at radius 2 is 1.94 bits per heavy atom. The summed E-state index contributed by atoms with van der Waals surface area (Å²) in [5.41, 5.74) is 2.46. The Morgan fingerprint density at radius 1 is 1.24 bits per heavy atom. The van der Waals surface area contributed by atoms with Crippen molar-refractivity contribution in [3.63, 3.8) is 0 Å². The molecule has 0 radical (unpaired) electrons. The van der Waals surface area contributed by atoms with E-state index in [0.29, 0.717) is 11.3 Å². The van der Waals surface area contributed by atoms with Gasteiger partial charge in [0, 0.05) is 18.8 Å². The van der Waals surface area contributed by atoms with Gasteiger partial charge in [0.2, 0.25) is 5.78 Å². The van der Waals surface area contributed by atoms with Crippen LogP contribution in [0.25, 0.3) is 0 Å². The van der Waals surface area contributed by atoms with Crippen LogP contribution in [0.2, 0.25) is 0 Å². The second-order valence-corrected chi connectivity index (χ2v) is 4.15.